The largest absolute Gasteiger partial charge is 0.480 e. The quantitative estimate of drug-likeness (QED) is 0.594. The molecule has 1 aliphatic heterocycles. The van der Waals surface area contributed by atoms with Crippen molar-refractivity contribution in [1.29, 1.82) is 0 Å². The molecule has 3 N–H and O–H groups in total. The summed E-state index contributed by atoms with van der Waals surface area (Å²) in [5.41, 5.74) is 5.35. The van der Waals surface area contributed by atoms with E-state index < -0.39 is 16.5 Å². The van der Waals surface area contributed by atoms with Crippen molar-refractivity contribution in [2.24, 2.45) is 15.7 Å². The van der Waals surface area contributed by atoms with Gasteiger partial charge in [0.2, 0.25) is 0 Å². The zero-order valence-electron chi connectivity index (χ0n) is 6.44. The highest BCUT2D eigenvalue weighted by molar-refractivity contribution is 9.18. The molecule has 1 heterocycles. The number of aliphatic imine (C=N–C) groups is 2. The summed E-state index contributed by atoms with van der Waals surface area (Å²) in [7, 11) is 0. The molecule has 0 saturated heterocycles. The van der Waals surface area contributed by atoms with Crippen LogP contribution in [-0.4, -0.2) is 32.5 Å². The van der Waals surface area contributed by atoms with Crippen LogP contribution in [0.2, 0.25) is 0 Å². The Kier molecular flexibility index (Phi) is 3.20. The van der Waals surface area contributed by atoms with Crippen LogP contribution in [-0.2, 0) is 4.79 Å². The van der Waals surface area contributed by atoms with Crippen molar-refractivity contribution in [3.63, 3.8) is 0 Å². The molecule has 5 nitrogen and oxygen atoms in total. The van der Waals surface area contributed by atoms with Crippen LogP contribution in [0.5, 0.6) is 0 Å². The second-order valence-corrected chi connectivity index (χ2v) is 4.69. The molecular formula is C6H7Br2N3O2. The molecule has 7 heteroatoms. The number of nitrogens with zero attached hydrogens (tertiary/aromatic N) is 2. The van der Waals surface area contributed by atoms with Gasteiger partial charge >= 0.3 is 5.97 Å². The fraction of sp³-hybridized carbons (Fsp3) is 0.500. The lowest BCUT2D eigenvalue weighted by Crippen LogP contribution is -2.37. The first-order chi connectivity index (χ1) is 5.93. The standard InChI is InChI=1S/C6H7Br2N3O2/c7-5-10-2-6(8,11-5)1-3(9)4(12)13/h2-3H,1,9H2,(H,12,13). The third-order valence-corrected chi connectivity index (χ3v) is 2.56. The zero-order valence-corrected chi connectivity index (χ0v) is 9.62. The molecule has 72 valence electrons. The molecule has 0 fully saturated rings. The maximum absolute atomic E-state index is 10.5. The van der Waals surface area contributed by atoms with Crippen LogP contribution in [0.1, 0.15) is 6.42 Å². The predicted molar refractivity (Wildman–Crippen MR) is 56.7 cm³/mol. The number of halogens is 2. The molecule has 2 unspecified atom stereocenters. The monoisotopic (exact) mass is 311 g/mol. The normalized spacial score (nSPS) is 28.7. The minimum absolute atomic E-state index is 0.168. The second kappa shape index (κ2) is 3.85. The molecule has 0 saturated carbocycles. The summed E-state index contributed by atoms with van der Waals surface area (Å²) in [6, 6.07) is -0.951. The van der Waals surface area contributed by atoms with Crippen molar-refractivity contribution < 1.29 is 9.90 Å². The van der Waals surface area contributed by atoms with E-state index in [2.05, 4.69) is 41.8 Å². The van der Waals surface area contributed by atoms with E-state index in [0.717, 1.165) is 0 Å². The number of nitrogens with two attached hydrogens (primary N) is 1. The summed E-state index contributed by atoms with van der Waals surface area (Å²) >= 11 is 6.32. The van der Waals surface area contributed by atoms with E-state index in [1.165, 1.54) is 6.21 Å². The van der Waals surface area contributed by atoms with Gasteiger partial charge < -0.3 is 10.8 Å². The van der Waals surface area contributed by atoms with Gasteiger partial charge in [-0.1, -0.05) is 15.9 Å². The Morgan fingerprint density at radius 1 is 1.85 bits per heavy atom. The summed E-state index contributed by atoms with van der Waals surface area (Å²) in [5.74, 6) is -1.05. The van der Waals surface area contributed by atoms with E-state index >= 15 is 0 Å². The van der Waals surface area contributed by atoms with Gasteiger partial charge in [-0.2, -0.15) is 0 Å². The number of aliphatic carboxylic acids is 1. The predicted octanol–water partition coefficient (Wildman–Crippen LogP) is 0.715. The molecule has 0 radical (unpaired) electrons. The van der Waals surface area contributed by atoms with Crippen molar-refractivity contribution in [3.8, 4) is 0 Å². The lowest BCUT2D eigenvalue weighted by Gasteiger charge is -2.16. The van der Waals surface area contributed by atoms with Crippen LogP contribution in [0.4, 0.5) is 0 Å². The van der Waals surface area contributed by atoms with Gasteiger partial charge in [0.15, 0.2) is 9.19 Å². The van der Waals surface area contributed by atoms with Crippen LogP contribution in [0.3, 0.4) is 0 Å². The Hall–Kier alpha value is -0.270. The Labute approximate surface area is 91.4 Å². The topological polar surface area (TPSA) is 88.0 Å². The van der Waals surface area contributed by atoms with Gasteiger partial charge in [-0.3, -0.25) is 4.79 Å². The number of alkyl halides is 1. The highest BCUT2D eigenvalue weighted by atomic mass is 79.9. The molecule has 0 amide bonds. The molecule has 0 aromatic heterocycles. The second-order valence-electron chi connectivity index (χ2n) is 2.61. The first kappa shape index (κ1) is 10.8. The van der Waals surface area contributed by atoms with E-state index in [0.29, 0.717) is 4.74 Å². The van der Waals surface area contributed by atoms with Crippen molar-refractivity contribution >= 4 is 48.8 Å². The van der Waals surface area contributed by atoms with Crippen LogP contribution in [0.15, 0.2) is 9.98 Å². The summed E-state index contributed by atoms with van der Waals surface area (Å²) < 4.78 is -0.342. The van der Waals surface area contributed by atoms with E-state index in [9.17, 15) is 4.79 Å². The minimum Gasteiger partial charge on any atom is -0.480 e. The molecule has 13 heavy (non-hydrogen) atoms. The summed E-state index contributed by atoms with van der Waals surface area (Å²) in [5, 5.41) is 8.57. The number of amidine groups is 1. The van der Waals surface area contributed by atoms with Crippen molar-refractivity contribution in [1.82, 2.24) is 0 Å². The van der Waals surface area contributed by atoms with E-state index in [-0.39, 0.29) is 6.42 Å². The van der Waals surface area contributed by atoms with Crippen molar-refractivity contribution in [2.75, 3.05) is 0 Å². The lowest BCUT2D eigenvalue weighted by molar-refractivity contribution is -0.138. The Bertz CT molecular complexity index is 292. The number of hydrogen-bond donors (Lipinski definition) is 2. The zero-order chi connectivity index (χ0) is 10.1. The van der Waals surface area contributed by atoms with Crippen LogP contribution >= 0.6 is 31.9 Å². The fourth-order valence-corrected chi connectivity index (χ4v) is 2.13. The summed E-state index contributed by atoms with van der Waals surface area (Å²) in [6.45, 7) is 0. The first-order valence-corrected chi connectivity index (χ1v) is 4.99. The van der Waals surface area contributed by atoms with Gasteiger partial charge in [-0.05, 0) is 15.9 Å². The highest BCUT2D eigenvalue weighted by Gasteiger charge is 2.32. The van der Waals surface area contributed by atoms with E-state index in [1.807, 2.05) is 0 Å². The van der Waals surface area contributed by atoms with Crippen LogP contribution in [0.25, 0.3) is 0 Å². The van der Waals surface area contributed by atoms with Crippen LogP contribution in [0, 0.1) is 0 Å². The number of rotatable bonds is 3. The molecule has 0 aromatic rings. The number of carboxylic acids is 1. The summed E-state index contributed by atoms with van der Waals surface area (Å²) in [4.78, 5) is 18.3. The van der Waals surface area contributed by atoms with Gasteiger partial charge in [0.05, 0.1) is 0 Å². The van der Waals surface area contributed by atoms with Gasteiger partial charge in [-0.25, -0.2) is 9.98 Å². The average molecular weight is 313 g/mol. The lowest BCUT2D eigenvalue weighted by atomic mass is 10.1. The SMILES string of the molecule is NC(CC1(Br)C=NC(Br)=N1)C(=O)O. The Balaban J connectivity index is 2.65. The van der Waals surface area contributed by atoms with E-state index in [1.54, 1.807) is 0 Å². The molecule has 0 aliphatic carbocycles. The molecule has 1 aliphatic rings. The van der Waals surface area contributed by atoms with Gasteiger partial charge in [-0.15, -0.1) is 0 Å². The van der Waals surface area contributed by atoms with Crippen LogP contribution < -0.4 is 5.73 Å². The molecule has 2 atom stereocenters. The molecule has 0 spiro atoms. The number of carbonyl (C=O) groups is 1. The molecule has 0 aromatic carbocycles. The van der Waals surface area contributed by atoms with Gasteiger partial charge in [0, 0.05) is 12.6 Å². The first-order valence-electron chi connectivity index (χ1n) is 3.41. The maximum atomic E-state index is 10.5. The molecular weight excluding hydrogens is 306 g/mol. The average Bonchev–Trinajstić information content (AvgIpc) is 2.30. The van der Waals surface area contributed by atoms with Gasteiger partial charge in [0.25, 0.3) is 0 Å². The smallest absolute Gasteiger partial charge is 0.320 e. The Morgan fingerprint density at radius 3 is 2.85 bits per heavy atom. The minimum atomic E-state index is -1.05. The van der Waals surface area contributed by atoms with E-state index in [4.69, 9.17) is 10.8 Å². The molecule has 0 bridgehead atoms. The Morgan fingerprint density at radius 2 is 2.46 bits per heavy atom. The van der Waals surface area contributed by atoms with Crippen molar-refractivity contribution in [3.05, 3.63) is 0 Å². The number of hydrogen-bond acceptors (Lipinski definition) is 4. The highest BCUT2D eigenvalue weighted by Crippen LogP contribution is 2.28. The molecule has 1 rings (SSSR count). The number of carboxylic acid groups (broad SMARTS) is 1. The fourth-order valence-electron chi connectivity index (χ4n) is 0.857. The van der Waals surface area contributed by atoms with Crippen molar-refractivity contribution in [2.45, 2.75) is 16.9 Å². The third kappa shape index (κ3) is 2.85. The third-order valence-electron chi connectivity index (χ3n) is 1.47. The maximum Gasteiger partial charge on any atom is 0.320 e. The summed E-state index contributed by atoms with van der Waals surface area (Å²) in [6.07, 6.45) is 1.68. The van der Waals surface area contributed by atoms with Gasteiger partial charge in [0.1, 0.15) is 6.04 Å².